The summed E-state index contributed by atoms with van der Waals surface area (Å²) in [7, 11) is 0. The Hall–Kier alpha value is -1.90. The summed E-state index contributed by atoms with van der Waals surface area (Å²) < 4.78 is 13.6. The smallest absolute Gasteiger partial charge is 0.251 e. The Morgan fingerprint density at radius 2 is 1.89 bits per heavy atom. The number of carbonyl (C=O) groups is 1. The molecular formula is C15H16FNO. The fraction of sp³-hybridized carbons (Fsp3) is 0.267. The third kappa shape index (κ3) is 2.50. The van der Waals surface area contributed by atoms with Crippen molar-refractivity contribution in [2.45, 2.75) is 19.8 Å². The molecule has 0 heterocycles. The zero-order valence-electron chi connectivity index (χ0n) is 10.4. The van der Waals surface area contributed by atoms with Gasteiger partial charge in [0.25, 0.3) is 5.91 Å². The average Bonchev–Trinajstić information content (AvgIpc) is 2.39. The van der Waals surface area contributed by atoms with E-state index in [1.807, 2.05) is 6.07 Å². The van der Waals surface area contributed by atoms with E-state index in [0.717, 1.165) is 12.8 Å². The molecule has 0 aliphatic carbocycles. The van der Waals surface area contributed by atoms with Crippen molar-refractivity contribution in [3.05, 3.63) is 47.8 Å². The second-order valence-corrected chi connectivity index (χ2v) is 4.25. The van der Waals surface area contributed by atoms with E-state index in [2.05, 4.69) is 12.2 Å². The Bertz CT molecular complexity index is 565. The Balaban J connectivity index is 2.33. The van der Waals surface area contributed by atoms with Crippen LogP contribution in [-0.4, -0.2) is 12.5 Å². The predicted octanol–water partition coefficient (Wildman–Crippen LogP) is 3.51. The van der Waals surface area contributed by atoms with E-state index in [0.29, 0.717) is 22.9 Å². The number of amides is 1. The first-order valence-corrected chi connectivity index (χ1v) is 6.19. The molecule has 0 radical (unpaired) electrons. The zero-order chi connectivity index (χ0) is 13.0. The van der Waals surface area contributed by atoms with Crippen molar-refractivity contribution in [3.8, 4) is 0 Å². The molecule has 1 amide bonds. The van der Waals surface area contributed by atoms with Crippen LogP contribution in [0.2, 0.25) is 0 Å². The number of fused-ring (bicyclic) bond motifs is 1. The monoisotopic (exact) mass is 245 g/mol. The van der Waals surface area contributed by atoms with E-state index in [1.54, 1.807) is 24.3 Å². The summed E-state index contributed by atoms with van der Waals surface area (Å²) in [6.45, 7) is 2.72. The Morgan fingerprint density at radius 3 is 2.61 bits per heavy atom. The molecule has 0 aliphatic heterocycles. The standard InChI is InChI=1S/C15H16FNO/c1-2-3-10-17-15(18)13-8-9-14(16)12-7-5-4-6-11(12)13/h4-9H,2-3,10H2,1H3,(H,17,18). The molecule has 0 aliphatic rings. The molecule has 1 N–H and O–H groups in total. The van der Waals surface area contributed by atoms with Gasteiger partial charge in [0.2, 0.25) is 0 Å². The molecule has 2 aromatic carbocycles. The van der Waals surface area contributed by atoms with Crippen LogP contribution in [0.25, 0.3) is 10.8 Å². The van der Waals surface area contributed by atoms with Gasteiger partial charge in [0.05, 0.1) is 0 Å². The van der Waals surface area contributed by atoms with E-state index in [1.165, 1.54) is 6.07 Å². The van der Waals surface area contributed by atoms with E-state index >= 15 is 0 Å². The van der Waals surface area contributed by atoms with Crippen LogP contribution in [-0.2, 0) is 0 Å². The van der Waals surface area contributed by atoms with Gasteiger partial charge in [-0.1, -0.05) is 37.6 Å². The Labute approximate surface area is 106 Å². The Morgan fingerprint density at radius 1 is 1.17 bits per heavy atom. The second-order valence-electron chi connectivity index (χ2n) is 4.25. The van der Waals surface area contributed by atoms with E-state index in [4.69, 9.17) is 0 Å². The molecule has 3 heteroatoms. The maximum Gasteiger partial charge on any atom is 0.251 e. The molecule has 0 spiro atoms. The molecule has 0 aromatic heterocycles. The van der Waals surface area contributed by atoms with Crippen LogP contribution >= 0.6 is 0 Å². The van der Waals surface area contributed by atoms with Gasteiger partial charge in [-0.25, -0.2) is 4.39 Å². The van der Waals surface area contributed by atoms with E-state index in [9.17, 15) is 9.18 Å². The molecule has 2 nitrogen and oxygen atoms in total. The van der Waals surface area contributed by atoms with Crippen molar-refractivity contribution in [1.29, 1.82) is 0 Å². The van der Waals surface area contributed by atoms with Crippen molar-refractivity contribution >= 4 is 16.7 Å². The molecule has 0 bridgehead atoms. The van der Waals surface area contributed by atoms with Crippen LogP contribution < -0.4 is 5.32 Å². The summed E-state index contributed by atoms with van der Waals surface area (Å²) in [6, 6.07) is 9.92. The number of carbonyl (C=O) groups excluding carboxylic acids is 1. The van der Waals surface area contributed by atoms with Crippen LogP contribution in [0.4, 0.5) is 4.39 Å². The lowest BCUT2D eigenvalue weighted by Crippen LogP contribution is -2.24. The summed E-state index contributed by atoms with van der Waals surface area (Å²) in [4.78, 5) is 12.0. The number of benzene rings is 2. The van der Waals surface area contributed by atoms with Gasteiger partial charge in [-0.05, 0) is 23.9 Å². The van der Waals surface area contributed by atoms with Gasteiger partial charge in [0.1, 0.15) is 5.82 Å². The lowest BCUT2D eigenvalue weighted by atomic mass is 10.0. The van der Waals surface area contributed by atoms with Crippen LogP contribution in [0.3, 0.4) is 0 Å². The molecule has 0 unspecified atom stereocenters. The maximum atomic E-state index is 13.6. The van der Waals surface area contributed by atoms with E-state index < -0.39 is 0 Å². The molecule has 2 aromatic rings. The van der Waals surface area contributed by atoms with Crippen molar-refractivity contribution in [2.75, 3.05) is 6.54 Å². The number of nitrogens with one attached hydrogen (secondary N) is 1. The normalized spacial score (nSPS) is 10.6. The van der Waals surface area contributed by atoms with Crippen molar-refractivity contribution < 1.29 is 9.18 Å². The lowest BCUT2D eigenvalue weighted by molar-refractivity contribution is 0.0955. The number of hydrogen-bond donors (Lipinski definition) is 1. The summed E-state index contributed by atoms with van der Waals surface area (Å²) >= 11 is 0. The summed E-state index contributed by atoms with van der Waals surface area (Å²) in [6.07, 6.45) is 1.98. The van der Waals surface area contributed by atoms with Crippen molar-refractivity contribution in [1.82, 2.24) is 5.32 Å². The SMILES string of the molecule is CCCCNC(=O)c1ccc(F)c2ccccc12. The maximum absolute atomic E-state index is 13.6. The van der Waals surface area contributed by atoms with Gasteiger partial charge in [-0.15, -0.1) is 0 Å². The highest BCUT2D eigenvalue weighted by Crippen LogP contribution is 2.21. The van der Waals surface area contributed by atoms with Crippen LogP contribution in [0.15, 0.2) is 36.4 Å². The Kier molecular flexibility index (Phi) is 3.92. The van der Waals surface area contributed by atoms with Crippen molar-refractivity contribution in [3.63, 3.8) is 0 Å². The summed E-state index contributed by atoms with van der Waals surface area (Å²) in [5.74, 6) is -0.435. The largest absolute Gasteiger partial charge is 0.352 e. The molecule has 0 saturated carbocycles. The van der Waals surface area contributed by atoms with Crippen LogP contribution in [0, 0.1) is 5.82 Å². The molecule has 0 fully saturated rings. The fourth-order valence-corrected chi connectivity index (χ4v) is 1.93. The topological polar surface area (TPSA) is 29.1 Å². The first-order chi connectivity index (χ1) is 8.74. The third-order valence-corrected chi connectivity index (χ3v) is 2.93. The van der Waals surface area contributed by atoms with Gasteiger partial charge >= 0.3 is 0 Å². The molecule has 18 heavy (non-hydrogen) atoms. The minimum Gasteiger partial charge on any atom is -0.352 e. The molecule has 2 rings (SSSR count). The molecular weight excluding hydrogens is 229 g/mol. The molecule has 0 atom stereocenters. The van der Waals surface area contributed by atoms with Gasteiger partial charge in [0.15, 0.2) is 0 Å². The van der Waals surface area contributed by atoms with Gasteiger partial charge in [-0.2, -0.15) is 0 Å². The molecule has 0 saturated heterocycles. The highest BCUT2D eigenvalue weighted by Gasteiger charge is 2.11. The number of halogens is 1. The van der Waals surface area contributed by atoms with Crippen LogP contribution in [0.5, 0.6) is 0 Å². The fourth-order valence-electron chi connectivity index (χ4n) is 1.93. The lowest BCUT2D eigenvalue weighted by Gasteiger charge is -2.08. The second kappa shape index (κ2) is 5.63. The van der Waals surface area contributed by atoms with Gasteiger partial charge < -0.3 is 5.32 Å². The quantitative estimate of drug-likeness (QED) is 0.820. The summed E-state index contributed by atoms with van der Waals surface area (Å²) in [5.41, 5.74) is 0.531. The number of hydrogen-bond acceptors (Lipinski definition) is 1. The molecule has 94 valence electrons. The van der Waals surface area contributed by atoms with E-state index in [-0.39, 0.29) is 11.7 Å². The minimum absolute atomic E-state index is 0.139. The highest BCUT2D eigenvalue weighted by molar-refractivity contribution is 6.07. The van der Waals surface area contributed by atoms with Crippen molar-refractivity contribution in [2.24, 2.45) is 0 Å². The minimum atomic E-state index is -0.296. The zero-order valence-corrected chi connectivity index (χ0v) is 10.4. The van der Waals surface area contributed by atoms with Crippen LogP contribution in [0.1, 0.15) is 30.1 Å². The predicted molar refractivity (Wildman–Crippen MR) is 71.1 cm³/mol. The number of rotatable bonds is 4. The third-order valence-electron chi connectivity index (χ3n) is 2.93. The first kappa shape index (κ1) is 12.6. The highest BCUT2D eigenvalue weighted by atomic mass is 19.1. The first-order valence-electron chi connectivity index (χ1n) is 6.19. The average molecular weight is 245 g/mol. The van der Waals surface area contributed by atoms with Gasteiger partial charge in [-0.3, -0.25) is 4.79 Å². The summed E-state index contributed by atoms with van der Waals surface area (Å²) in [5, 5.41) is 4.00. The number of unbranched alkanes of at least 4 members (excludes halogenated alkanes) is 1. The van der Waals surface area contributed by atoms with Gasteiger partial charge in [0, 0.05) is 17.5 Å².